The van der Waals surface area contributed by atoms with Crippen molar-refractivity contribution in [3.63, 3.8) is 0 Å². The second-order valence-electron chi connectivity index (χ2n) is 5.10. The molecule has 0 saturated carbocycles. The largest absolute Gasteiger partial charge is 0.508 e. The summed E-state index contributed by atoms with van der Waals surface area (Å²) in [5, 5.41) is 9.64. The molecule has 2 atom stereocenters. The fourth-order valence-electron chi connectivity index (χ4n) is 2.59. The Hall–Kier alpha value is -1.51. The van der Waals surface area contributed by atoms with Gasteiger partial charge in [0.15, 0.2) is 0 Å². The van der Waals surface area contributed by atoms with Crippen LogP contribution in [-0.4, -0.2) is 28.5 Å². The van der Waals surface area contributed by atoms with E-state index < -0.39 is 0 Å². The number of nitrogens with zero attached hydrogens (tertiary/aromatic N) is 1. The van der Waals surface area contributed by atoms with Crippen LogP contribution in [0.5, 0.6) is 5.75 Å². The molecule has 1 aromatic rings. The SMILES string of the molecule is Cc1c(O)cccc1C(=O)N1CC(C)CC1C. The van der Waals surface area contributed by atoms with Crippen molar-refractivity contribution < 1.29 is 9.90 Å². The Bertz CT molecular complexity index is 442. The van der Waals surface area contributed by atoms with Gasteiger partial charge in [-0.05, 0) is 38.3 Å². The number of rotatable bonds is 1. The fraction of sp³-hybridized carbons (Fsp3) is 0.500. The highest BCUT2D eigenvalue weighted by Gasteiger charge is 2.31. The van der Waals surface area contributed by atoms with E-state index in [1.54, 1.807) is 25.1 Å². The maximum atomic E-state index is 12.4. The van der Waals surface area contributed by atoms with E-state index in [4.69, 9.17) is 0 Å². The zero-order chi connectivity index (χ0) is 12.6. The summed E-state index contributed by atoms with van der Waals surface area (Å²) in [6.45, 7) is 6.85. The second-order valence-corrected chi connectivity index (χ2v) is 5.10. The molecule has 1 heterocycles. The predicted octanol–water partition coefficient (Wildman–Crippen LogP) is 2.57. The third-order valence-electron chi connectivity index (χ3n) is 3.58. The Balaban J connectivity index is 2.29. The highest BCUT2D eigenvalue weighted by Crippen LogP contribution is 2.27. The monoisotopic (exact) mass is 233 g/mol. The van der Waals surface area contributed by atoms with E-state index in [2.05, 4.69) is 13.8 Å². The molecule has 17 heavy (non-hydrogen) atoms. The molecule has 1 fully saturated rings. The molecule has 2 unspecified atom stereocenters. The quantitative estimate of drug-likeness (QED) is 0.810. The van der Waals surface area contributed by atoms with Crippen LogP contribution in [0.15, 0.2) is 18.2 Å². The summed E-state index contributed by atoms with van der Waals surface area (Å²) in [5.74, 6) is 0.789. The lowest BCUT2D eigenvalue weighted by atomic mass is 10.1. The lowest BCUT2D eigenvalue weighted by Crippen LogP contribution is -2.34. The Labute approximate surface area is 102 Å². The van der Waals surface area contributed by atoms with Crippen LogP contribution in [0, 0.1) is 12.8 Å². The molecule has 1 N–H and O–H groups in total. The molecule has 1 aliphatic heterocycles. The van der Waals surface area contributed by atoms with Gasteiger partial charge < -0.3 is 10.0 Å². The highest BCUT2D eigenvalue weighted by molar-refractivity contribution is 5.96. The number of carbonyl (C=O) groups excluding carboxylic acids is 1. The van der Waals surface area contributed by atoms with Gasteiger partial charge in [0, 0.05) is 23.7 Å². The van der Waals surface area contributed by atoms with E-state index >= 15 is 0 Å². The maximum Gasteiger partial charge on any atom is 0.254 e. The first-order valence-corrected chi connectivity index (χ1v) is 6.10. The van der Waals surface area contributed by atoms with Crippen molar-refractivity contribution in [2.24, 2.45) is 5.92 Å². The van der Waals surface area contributed by atoms with Crippen LogP contribution in [0.4, 0.5) is 0 Å². The molecular weight excluding hydrogens is 214 g/mol. The predicted molar refractivity (Wildman–Crippen MR) is 67.1 cm³/mol. The van der Waals surface area contributed by atoms with Crippen molar-refractivity contribution >= 4 is 5.91 Å². The summed E-state index contributed by atoms with van der Waals surface area (Å²) < 4.78 is 0. The van der Waals surface area contributed by atoms with E-state index in [9.17, 15) is 9.90 Å². The van der Waals surface area contributed by atoms with E-state index in [0.29, 0.717) is 23.1 Å². The molecule has 0 aromatic heterocycles. The molecule has 1 aliphatic rings. The summed E-state index contributed by atoms with van der Waals surface area (Å²) >= 11 is 0. The topological polar surface area (TPSA) is 40.5 Å². The number of phenolic OH excluding ortho intramolecular Hbond substituents is 1. The van der Waals surface area contributed by atoms with Crippen molar-refractivity contribution in [2.75, 3.05) is 6.54 Å². The van der Waals surface area contributed by atoms with Crippen LogP contribution in [0.1, 0.15) is 36.2 Å². The summed E-state index contributed by atoms with van der Waals surface area (Å²) in [6, 6.07) is 5.41. The standard InChI is InChI=1S/C14H19NO2/c1-9-7-10(2)15(8-9)14(17)12-5-4-6-13(16)11(12)3/h4-6,9-10,16H,7-8H2,1-3H3. The summed E-state index contributed by atoms with van der Waals surface area (Å²) in [6.07, 6.45) is 1.06. The van der Waals surface area contributed by atoms with Crippen molar-refractivity contribution in [3.8, 4) is 5.75 Å². The van der Waals surface area contributed by atoms with Crippen LogP contribution in [0.3, 0.4) is 0 Å². The molecule has 1 amide bonds. The van der Waals surface area contributed by atoms with E-state index in [-0.39, 0.29) is 11.7 Å². The van der Waals surface area contributed by atoms with Crippen molar-refractivity contribution in [1.29, 1.82) is 0 Å². The van der Waals surface area contributed by atoms with Crippen LogP contribution >= 0.6 is 0 Å². The molecule has 1 aromatic carbocycles. The molecule has 0 bridgehead atoms. The Kier molecular flexibility index (Phi) is 3.09. The van der Waals surface area contributed by atoms with Crippen LogP contribution in [0.25, 0.3) is 0 Å². The molecule has 92 valence electrons. The van der Waals surface area contributed by atoms with Gasteiger partial charge in [-0.1, -0.05) is 13.0 Å². The van der Waals surface area contributed by atoms with Gasteiger partial charge in [0.25, 0.3) is 5.91 Å². The third kappa shape index (κ3) is 2.14. The highest BCUT2D eigenvalue weighted by atomic mass is 16.3. The average Bonchev–Trinajstić information content (AvgIpc) is 2.61. The number of phenols is 1. The Morgan fingerprint density at radius 1 is 1.41 bits per heavy atom. The van der Waals surface area contributed by atoms with Crippen molar-refractivity contribution in [3.05, 3.63) is 29.3 Å². The van der Waals surface area contributed by atoms with Gasteiger partial charge in [0.05, 0.1) is 0 Å². The fourth-order valence-corrected chi connectivity index (χ4v) is 2.59. The summed E-state index contributed by atoms with van der Waals surface area (Å²) in [5.41, 5.74) is 1.29. The number of benzene rings is 1. The minimum Gasteiger partial charge on any atom is -0.508 e. The number of hydrogen-bond donors (Lipinski definition) is 1. The van der Waals surface area contributed by atoms with E-state index in [1.165, 1.54) is 0 Å². The average molecular weight is 233 g/mol. The summed E-state index contributed by atoms with van der Waals surface area (Å²) in [4.78, 5) is 14.3. The van der Waals surface area contributed by atoms with Crippen molar-refractivity contribution in [1.82, 2.24) is 4.90 Å². The van der Waals surface area contributed by atoms with Crippen molar-refractivity contribution in [2.45, 2.75) is 33.2 Å². The Morgan fingerprint density at radius 2 is 2.12 bits per heavy atom. The van der Waals surface area contributed by atoms with Gasteiger partial charge in [-0.2, -0.15) is 0 Å². The molecule has 1 saturated heterocycles. The van der Waals surface area contributed by atoms with E-state index in [0.717, 1.165) is 13.0 Å². The second kappa shape index (κ2) is 4.40. The first-order valence-electron chi connectivity index (χ1n) is 6.10. The van der Waals surface area contributed by atoms with E-state index in [1.807, 2.05) is 4.90 Å². The molecule has 0 spiro atoms. The molecule has 3 nitrogen and oxygen atoms in total. The maximum absolute atomic E-state index is 12.4. The van der Waals surface area contributed by atoms with Crippen LogP contribution in [0.2, 0.25) is 0 Å². The van der Waals surface area contributed by atoms with Gasteiger partial charge in [-0.15, -0.1) is 0 Å². The molecule has 0 radical (unpaired) electrons. The minimum absolute atomic E-state index is 0.0373. The van der Waals surface area contributed by atoms with Gasteiger partial charge in [-0.25, -0.2) is 0 Å². The third-order valence-corrected chi connectivity index (χ3v) is 3.58. The van der Waals surface area contributed by atoms with Gasteiger partial charge in [-0.3, -0.25) is 4.79 Å². The Morgan fingerprint density at radius 3 is 2.71 bits per heavy atom. The number of carbonyl (C=O) groups is 1. The molecule has 3 heteroatoms. The zero-order valence-electron chi connectivity index (χ0n) is 10.6. The normalized spacial score (nSPS) is 24.1. The first-order chi connectivity index (χ1) is 8.00. The van der Waals surface area contributed by atoms with Crippen LogP contribution < -0.4 is 0 Å². The zero-order valence-corrected chi connectivity index (χ0v) is 10.6. The molecule has 2 rings (SSSR count). The number of likely N-dealkylation sites (tertiary alicyclic amines) is 1. The van der Waals surface area contributed by atoms with Gasteiger partial charge >= 0.3 is 0 Å². The minimum atomic E-state index is 0.0373. The smallest absolute Gasteiger partial charge is 0.254 e. The number of hydrogen-bond acceptors (Lipinski definition) is 2. The lowest BCUT2D eigenvalue weighted by molar-refractivity contribution is 0.0742. The number of aromatic hydroxyl groups is 1. The van der Waals surface area contributed by atoms with Gasteiger partial charge in [0.2, 0.25) is 0 Å². The van der Waals surface area contributed by atoms with Gasteiger partial charge in [0.1, 0.15) is 5.75 Å². The van der Waals surface area contributed by atoms with Crippen LogP contribution in [-0.2, 0) is 0 Å². The first kappa shape index (κ1) is 12.0. The number of amides is 1. The lowest BCUT2D eigenvalue weighted by Gasteiger charge is -2.22. The molecular formula is C14H19NO2. The summed E-state index contributed by atoms with van der Waals surface area (Å²) in [7, 11) is 0. The molecule has 0 aliphatic carbocycles.